The minimum atomic E-state index is -0.914. The second-order valence-corrected chi connectivity index (χ2v) is 6.94. The van der Waals surface area contributed by atoms with Gasteiger partial charge in [0.2, 0.25) is 5.91 Å². The molecule has 0 aromatic heterocycles. The molecule has 1 amide bonds. The van der Waals surface area contributed by atoms with Crippen molar-refractivity contribution in [3.8, 4) is 0 Å². The molecule has 1 fully saturated rings. The number of amides is 1. The van der Waals surface area contributed by atoms with Crippen LogP contribution in [0.2, 0.25) is 0 Å². The lowest BCUT2D eigenvalue weighted by Gasteiger charge is -2.29. The van der Waals surface area contributed by atoms with E-state index in [1.54, 1.807) is 16.7 Å². The lowest BCUT2D eigenvalue weighted by molar-refractivity contribution is -0.149. The molecule has 1 aliphatic rings. The highest BCUT2D eigenvalue weighted by Gasteiger charge is 2.42. The minimum Gasteiger partial charge on any atom is -0.480 e. The number of aliphatic carboxylic acids is 1. The fourth-order valence-electron chi connectivity index (χ4n) is 2.64. The first-order valence-corrected chi connectivity index (χ1v) is 8.16. The van der Waals surface area contributed by atoms with Crippen LogP contribution in [0.15, 0.2) is 24.3 Å². The van der Waals surface area contributed by atoms with Crippen molar-refractivity contribution in [2.75, 3.05) is 5.75 Å². The lowest BCUT2D eigenvalue weighted by atomic mass is 10.1. The average Bonchev–Trinajstić information content (AvgIpc) is 2.83. The van der Waals surface area contributed by atoms with Crippen LogP contribution in [-0.2, 0) is 16.0 Å². The van der Waals surface area contributed by atoms with E-state index < -0.39 is 12.0 Å². The van der Waals surface area contributed by atoms with Crippen LogP contribution in [-0.4, -0.2) is 39.1 Å². The molecule has 0 spiro atoms. The summed E-state index contributed by atoms with van der Waals surface area (Å²) in [5.74, 6) is -0.307. The zero-order valence-electron chi connectivity index (χ0n) is 12.6. The second kappa shape index (κ2) is 6.52. The molecule has 0 saturated carbocycles. The Kier molecular flexibility index (Phi) is 4.93. The third-order valence-electron chi connectivity index (χ3n) is 3.62. The maximum Gasteiger partial charge on any atom is 0.327 e. The molecule has 1 saturated heterocycles. The highest BCUT2D eigenvalue weighted by Crippen LogP contribution is 2.34. The highest BCUT2D eigenvalue weighted by molar-refractivity contribution is 8.00. The van der Waals surface area contributed by atoms with Gasteiger partial charge in [-0.05, 0) is 18.4 Å². The van der Waals surface area contributed by atoms with Gasteiger partial charge in [-0.1, -0.05) is 43.7 Å². The van der Waals surface area contributed by atoms with E-state index in [4.69, 9.17) is 0 Å². The molecular formula is C16H21NO3S. The Hall–Kier alpha value is -1.49. The molecule has 1 aromatic rings. The number of benzene rings is 1. The van der Waals surface area contributed by atoms with E-state index in [9.17, 15) is 14.7 Å². The van der Waals surface area contributed by atoms with Gasteiger partial charge in [-0.15, -0.1) is 11.8 Å². The number of rotatable bonds is 4. The Morgan fingerprint density at radius 3 is 2.71 bits per heavy atom. The van der Waals surface area contributed by atoms with Gasteiger partial charge in [0.1, 0.15) is 6.04 Å². The quantitative estimate of drug-likeness (QED) is 0.929. The van der Waals surface area contributed by atoms with Gasteiger partial charge in [0, 0.05) is 5.75 Å². The molecule has 2 atom stereocenters. The molecular weight excluding hydrogens is 286 g/mol. The van der Waals surface area contributed by atoms with Crippen LogP contribution in [0, 0.1) is 12.8 Å². The maximum atomic E-state index is 12.6. The van der Waals surface area contributed by atoms with Crippen LogP contribution in [0.3, 0.4) is 0 Å². The molecule has 1 N–H and O–H groups in total. The normalized spacial score (nSPS) is 21.8. The lowest BCUT2D eigenvalue weighted by Crippen LogP contribution is -2.47. The number of nitrogens with zero attached hydrogens (tertiary/aromatic N) is 1. The molecule has 4 nitrogen and oxygen atoms in total. The number of carboxylic acid groups (broad SMARTS) is 1. The molecule has 0 aliphatic carbocycles. The summed E-state index contributed by atoms with van der Waals surface area (Å²) in [6.07, 6.45) is 0.259. The summed E-state index contributed by atoms with van der Waals surface area (Å²) >= 11 is 1.56. The third kappa shape index (κ3) is 3.59. The van der Waals surface area contributed by atoms with Crippen molar-refractivity contribution in [3.05, 3.63) is 35.4 Å². The van der Waals surface area contributed by atoms with Crippen molar-refractivity contribution in [1.29, 1.82) is 0 Å². The predicted octanol–water partition coefficient (Wildman–Crippen LogP) is 2.55. The highest BCUT2D eigenvalue weighted by atomic mass is 32.2. The number of carbonyl (C=O) groups excluding carboxylic acids is 1. The molecule has 1 aromatic carbocycles. The maximum absolute atomic E-state index is 12.6. The summed E-state index contributed by atoms with van der Waals surface area (Å²) in [7, 11) is 0. The van der Waals surface area contributed by atoms with Gasteiger partial charge in [0.25, 0.3) is 0 Å². The third-order valence-corrected chi connectivity index (χ3v) is 5.24. The predicted molar refractivity (Wildman–Crippen MR) is 84.2 cm³/mol. The van der Waals surface area contributed by atoms with Gasteiger partial charge in [-0.2, -0.15) is 0 Å². The van der Waals surface area contributed by atoms with Crippen LogP contribution in [0.1, 0.15) is 25.0 Å². The van der Waals surface area contributed by atoms with Gasteiger partial charge in [-0.3, -0.25) is 4.79 Å². The fourth-order valence-corrected chi connectivity index (χ4v) is 4.13. The zero-order valence-corrected chi connectivity index (χ0v) is 13.4. The monoisotopic (exact) mass is 307 g/mol. The summed E-state index contributed by atoms with van der Waals surface area (Å²) in [4.78, 5) is 25.6. The largest absolute Gasteiger partial charge is 0.480 e. The molecule has 2 unspecified atom stereocenters. The first kappa shape index (κ1) is 15.9. The van der Waals surface area contributed by atoms with Crippen molar-refractivity contribution < 1.29 is 14.7 Å². The Morgan fingerprint density at radius 1 is 1.43 bits per heavy atom. The van der Waals surface area contributed by atoms with Gasteiger partial charge >= 0.3 is 5.97 Å². The molecule has 1 aliphatic heterocycles. The van der Waals surface area contributed by atoms with Crippen LogP contribution < -0.4 is 0 Å². The van der Waals surface area contributed by atoms with Crippen LogP contribution in [0.4, 0.5) is 0 Å². The molecule has 1 heterocycles. The Morgan fingerprint density at radius 2 is 2.14 bits per heavy atom. The van der Waals surface area contributed by atoms with E-state index in [1.807, 2.05) is 45.0 Å². The second-order valence-electron chi connectivity index (χ2n) is 5.79. The van der Waals surface area contributed by atoms with Gasteiger partial charge < -0.3 is 10.0 Å². The molecule has 0 radical (unpaired) electrons. The van der Waals surface area contributed by atoms with Gasteiger partial charge in [0.05, 0.1) is 11.8 Å². The molecule has 21 heavy (non-hydrogen) atoms. The van der Waals surface area contributed by atoms with Crippen LogP contribution >= 0.6 is 11.8 Å². The first-order chi connectivity index (χ1) is 9.90. The van der Waals surface area contributed by atoms with Crippen molar-refractivity contribution in [2.24, 2.45) is 5.92 Å². The standard InChI is InChI=1S/C16H21NO3S/c1-10(2)15-17(13(9-21-15)16(19)20)14(18)8-12-6-4-5-11(3)7-12/h4-7,10,13,15H,8-9H2,1-3H3,(H,19,20). The minimum absolute atomic E-state index is 0.0524. The van der Waals surface area contributed by atoms with E-state index in [1.165, 1.54) is 0 Å². The topological polar surface area (TPSA) is 57.6 Å². The number of carboxylic acids is 1. The smallest absolute Gasteiger partial charge is 0.327 e. The summed E-state index contributed by atoms with van der Waals surface area (Å²) < 4.78 is 0. The van der Waals surface area contributed by atoms with Crippen molar-refractivity contribution >= 4 is 23.6 Å². The van der Waals surface area contributed by atoms with Gasteiger partial charge in [-0.25, -0.2) is 4.79 Å². The van der Waals surface area contributed by atoms with Crippen LogP contribution in [0.25, 0.3) is 0 Å². The van der Waals surface area contributed by atoms with Crippen molar-refractivity contribution in [1.82, 2.24) is 4.90 Å². The van der Waals surface area contributed by atoms with E-state index in [0.717, 1.165) is 11.1 Å². The molecule has 2 rings (SSSR count). The van der Waals surface area contributed by atoms with E-state index >= 15 is 0 Å². The first-order valence-electron chi connectivity index (χ1n) is 7.11. The molecule has 0 bridgehead atoms. The summed E-state index contributed by atoms with van der Waals surface area (Å²) in [6.45, 7) is 6.03. The Labute approximate surface area is 129 Å². The number of hydrogen-bond acceptors (Lipinski definition) is 3. The summed E-state index contributed by atoms with van der Waals surface area (Å²) in [5.41, 5.74) is 2.04. The number of thioether (sulfide) groups is 1. The average molecular weight is 307 g/mol. The zero-order chi connectivity index (χ0) is 15.6. The van der Waals surface area contributed by atoms with Crippen molar-refractivity contribution in [2.45, 2.75) is 38.6 Å². The number of carbonyl (C=O) groups is 2. The van der Waals surface area contributed by atoms with E-state index in [2.05, 4.69) is 0 Å². The Bertz CT molecular complexity index is 544. The van der Waals surface area contributed by atoms with Gasteiger partial charge in [0.15, 0.2) is 0 Å². The molecule has 5 heteroatoms. The van der Waals surface area contributed by atoms with E-state index in [-0.39, 0.29) is 23.6 Å². The Balaban J connectivity index is 2.19. The summed E-state index contributed by atoms with van der Waals surface area (Å²) in [6, 6.07) is 7.08. The SMILES string of the molecule is Cc1cccc(CC(=O)N2C(C(=O)O)CSC2C(C)C)c1. The van der Waals surface area contributed by atoms with Crippen LogP contribution in [0.5, 0.6) is 0 Å². The number of hydrogen-bond donors (Lipinski definition) is 1. The van der Waals surface area contributed by atoms with E-state index in [0.29, 0.717) is 5.75 Å². The summed E-state index contributed by atoms with van der Waals surface area (Å²) in [5, 5.41) is 9.28. The van der Waals surface area contributed by atoms with Crippen molar-refractivity contribution in [3.63, 3.8) is 0 Å². The number of aryl methyl sites for hydroxylation is 1. The fraction of sp³-hybridized carbons (Fsp3) is 0.500. The molecule has 114 valence electrons.